The number of aromatic nitrogens is 1. The molecule has 1 aromatic heterocycles. The van der Waals surface area contributed by atoms with E-state index in [0.717, 1.165) is 19.3 Å². The monoisotopic (exact) mass is 270 g/mol. The smallest absolute Gasteiger partial charge is 0.339 e. The summed E-state index contributed by atoms with van der Waals surface area (Å²) in [4.78, 5) is 15.0. The number of anilines is 1. The lowest BCUT2D eigenvalue weighted by molar-refractivity contribution is 0.0697. The van der Waals surface area contributed by atoms with Crippen molar-refractivity contribution in [2.24, 2.45) is 5.41 Å². The number of carboxylic acid groups (broad SMARTS) is 1. The highest BCUT2D eigenvalue weighted by atomic mass is 35.5. The van der Waals surface area contributed by atoms with Crippen molar-refractivity contribution in [3.8, 4) is 0 Å². The zero-order chi connectivity index (χ0) is 13.2. The van der Waals surface area contributed by atoms with Gasteiger partial charge in [0.15, 0.2) is 0 Å². The number of hydrogen-bond acceptors (Lipinski definition) is 4. The lowest BCUT2D eigenvalue weighted by Gasteiger charge is -2.16. The molecule has 3 N–H and O–H groups in total. The number of aliphatic hydroxyl groups excluding tert-OH is 1. The molecule has 0 aliphatic heterocycles. The van der Waals surface area contributed by atoms with Crippen LogP contribution in [0.5, 0.6) is 0 Å². The SMILES string of the molecule is O=C(O)c1ccc(Cl)nc1NCC1(CCO)CC1. The van der Waals surface area contributed by atoms with E-state index < -0.39 is 5.97 Å². The topological polar surface area (TPSA) is 82.5 Å². The summed E-state index contributed by atoms with van der Waals surface area (Å²) in [6.07, 6.45) is 2.82. The third kappa shape index (κ3) is 2.91. The van der Waals surface area contributed by atoms with Crippen LogP contribution in [0.25, 0.3) is 0 Å². The lowest BCUT2D eigenvalue weighted by Crippen LogP contribution is -2.19. The molecule has 1 aliphatic carbocycles. The van der Waals surface area contributed by atoms with Gasteiger partial charge in [-0.15, -0.1) is 0 Å². The predicted octanol–water partition coefficient (Wildman–Crippen LogP) is 2.01. The molecule has 1 aliphatic rings. The second-order valence-electron chi connectivity index (χ2n) is 4.66. The van der Waals surface area contributed by atoms with Crippen molar-refractivity contribution in [3.05, 3.63) is 22.8 Å². The van der Waals surface area contributed by atoms with Crippen LogP contribution in [0.15, 0.2) is 12.1 Å². The van der Waals surface area contributed by atoms with Crippen molar-refractivity contribution in [2.45, 2.75) is 19.3 Å². The Bertz CT molecular complexity index is 461. The van der Waals surface area contributed by atoms with E-state index in [4.69, 9.17) is 21.8 Å². The van der Waals surface area contributed by atoms with Crippen molar-refractivity contribution >= 4 is 23.4 Å². The van der Waals surface area contributed by atoms with Crippen LogP contribution < -0.4 is 5.32 Å². The highest BCUT2D eigenvalue weighted by Gasteiger charge is 2.41. The van der Waals surface area contributed by atoms with Gasteiger partial charge in [0.25, 0.3) is 0 Å². The van der Waals surface area contributed by atoms with Gasteiger partial charge in [0.1, 0.15) is 16.5 Å². The minimum Gasteiger partial charge on any atom is -0.478 e. The first-order valence-corrected chi connectivity index (χ1v) is 6.19. The Labute approximate surface area is 110 Å². The van der Waals surface area contributed by atoms with Crippen LogP contribution in [-0.4, -0.2) is 34.3 Å². The number of nitrogens with zero attached hydrogens (tertiary/aromatic N) is 1. The molecular formula is C12H15ClN2O3. The number of carbonyl (C=O) groups is 1. The first-order valence-electron chi connectivity index (χ1n) is 5.81. The maximum Gasteiger partial charge on any atom is 0.339 e. The molecule has 1 fully saturated rings. The Morgan fingerprint density at radius 1 is 1.50 bits per heavy atom. The maximum absolute atomic E-state index is 11.0. The standard InChI is InChI=1S/C12H15ClN2O3/c13-9-2-1-8(11(17)18)10(15-9)14-7-12(3-4-12)5-6-16/h1-2,16H,3-7H2,(H,14,15)(H,17,18). The number of pyridine rings is 1. The average Bonchev–Trinajstić information content (AvgIpc) is 3.07. The van der Waals surface area contributed by atoms with Crippen molar-refractivity contribution in [1.29, 1.82) is 0 Å². The summed E-state index contributed by atoms with van der Waals surface area (Å²) in [6, 6.07) is 2.89. The van der Waals surface area contributed by atoms with Gasteiger partial charge in [-0.05, 0) is 36.8 Å². The van der Waals surface area contributed by atoms with Gasteiger partial charge in [-0.3, -0.25) is 0 Å². The van der Waals surface area contributed by atoms with E-state index in [0.29, 0.717) is 12.4 Å². The largest absolute Gasteiger partial charge is 0.478 e. The fourth-order valence-corrected chi connectivity index (χ4v) is 2.09. The number of hydrogen-bond donors (Lipinski definition) is 3. The van der Waals surface area contributed by atoms with E-state index in [1.807, 2.05) is 0 Å². The number of halogens is 1. The van der Waals surface area contributed by atoms with Crippen molar-refractivity contribution in [1.82, 2.24) is 4.98 Å². The summed E-state index contributed by atoms with van der Waals surface area (Å²) < 4.78 is 0. The van der Waals surface area contributed by atoms with E-state index in [2.05, 4.69) is 10.3 Å². The van der Waals surface area contributed by atoms with Crippen LogP contribution in [0, 0.1) is 5.41 Å². The number of aliphatic hydroxyl groups is 1. The molecule has 6 heteroatoms. The molecule has 5 nitrogen and oxygen atoms in total. The van der Waals surface area contributed by atoms with Gasteiger partial charge in [-0.25, -0.2) is 9.78 Å². The predicted molar refractivity (Wildman–Crippen MR) is 68.1 cm³/mol. The summed E-state index contributed by atoms with van der Waals surface area (Å²) in [7, 11) is 0. The highest BCUT2D eigenvalue weighted by molar-refractivity contribution is 6.29. The molecule has 0 bridgehead atoms. The first-order chi connectivity index (χ1) is 8.56. The van der Waals surface area contributed by atoms with E-state index in [-0.39, 0.29) is 22.7 Å². The molecule has 0 aromatic carbocycles. The molecule has 0 spiro atoms. The number of rotatable bonds is 6. The minimum absolute atomic E-state index is 0.0918. The minimum atomic E-state index is -1.03. The van der Waals surface area contributed by atoms with E-state index in [1.165, 1.54) is 12.1 Å². The summed E-state index contributed by atoms with van der Waals surface area (Å²) in [5, 5.41) is 21.3. The molecule has 18 heavy (non-hydrogen) atoms. The quantitative estimate of drug-likeness (QED) is 0.689. The average molecular weight is 271 g/mol. The molecule has 2 rings (SSSR count). The normalized spacial score (nSPS) is 16.3. The molecule has 98 valence electrons. The second-order valence-corrected chi connectivity index (χ2v) is 5.05. The molecular weight excluding hydrogens is 256 g/mol. The summed E-state index contributed by atoms with van der Waals surface area (Å²) in [6.45, 7) is 0.762. The second kappa shape index (κ2) is 5.12. The van der Waals surface area contributed by atoms with Crippen LogP contribution in [-0.2, 0) is 0 Å². The van der Waals surface area contributed by atoms with Crippen LogP contribution in [0.2, 0.25) is 5.15 Å². The van der Waals surface area contributed by atoms with Gasteiger partial charge < -0.3 is 15.5 Å². The Morgan fingerprint density at radius 3 is 2.78 bits per heavy atom. The molecule has 0 radical (unpaired) electrons. The fourth-order valence-electron chi connectivity index (χ4n) is 1.94. The van der Waals surface area contributed by atoms with Crippen molar-refractivity contribution < 1.29 is 15.0 Å². The van der Waals surface area contributed by atoms with Crippen molar-refractivity contribution in [2.75, 3.05) is 18.5 Å². The molecule has 1 saturated carbocycles. The lowest BCUT2D eigenvalue weighted by atomic mass is 10.0. The third-order valence-electron chi connectivity index (χ3n) is 3.32. The molecule has 0 unspecified atom stereocenters. The molecule has 0 amide bonds. The van der Waals surface area contributed by atoms with Crippen LogP contribution in [0.1, 0.15) is 29.6 Å². The molecule has 0 saturated heterocycles. The first kappa shape index (κ1) is 13.1. The highest BCUT2D eigenvalue weighted by Crippen LogP contribution is 2.48. The van der Waals surface area contributed by atoms with Gasteiger partial charge in [0.05, 0.1) is 0 Å². The van der Waals surface area contributed by atoms with Gasteiger partial charge in [-0.2, -0.15) is 0 Å². The Balaban J connectivity index is 2.08. The maximum atomic E-state index is 11.0. The van der Waals surface area contributed by atoms with Crippen LogP contribution in [0.4, 0.5) is 5.82 Å². The van der Waals surface area contributed by atoms with Gasteiger partial charge in [0.2, 0.25) is 0 Å². The summed E-state index contributed by atoms with van der Waals surface area (Å²) in [5.74, 6) is -0.743. The Kier molecular flexibility index (Phi) is 3.73. The Morgan fingerprint density at radius 2 is 2.22 bits per heavy atom. The zero-order valence-electron chi connectivity index (χ0n) is 9.82. The van der Waals surface area contributed by atoms with E-state index >= 15 is 0 Å². The third-order valence-corrected chi connectivity index (χ3v) is 3.53. The summed E-state index contributed by atoms with van der Waals surface area (Å²) in [5.41, 5.74) is 0.202. The van der Waals surface area contributed by atoms with Gasteiger partial charge in [-0.1, -0.05) is 11.6 Å². The molecule has 1 heterocycles. The van der Waals surface area contributed by atoms with Crippen LogP contribution >= 0.6 is 11.6 Å². The van der Waals surface area contributed by atoms with Gasteiger partial charge >= 0.3 is 5.97 Å². The van der Waals surface area contributed by atoms with E-state index in [9.17, 15) is 4.79 Å². The van der Waals surface area contributed by atoms with Crippen molar-refractivity contribution in [3.63, 3.8) is 0 Å². The Hall–Kier alpha value is -1.33. The fraction of sp³-hybridized carbons (Fsp3) is 0.500. The zero-order valence-corrected chi connectivity index (χ0v) is 10.6. The number of nitrogens with one attached hydrogen (secondary N) is 1. The van der Waals surface area contributed by atoms with Crippen LogP contribution in [0.3, 0.4) is 0 Å². The number of carboxylic acids is 1. The van der Waals surface area contributed by atoms with Gasteiger partial charge in [0, 0.05) is 13.2 Å². The van der Waals surface area contributed by atoms with E-state index in [1.54, 1.807) is 0 Å². The molecule has 1 aromatic rings. The number of aromatic carboxylic acids is 1. The summed E-state index contributed by atoms with van der Waals surface area (Å²) >= 11 is 5.76. The molecule has 0 atom stereocenters.